The van der Waals surface area contributed by atoms with Gasteiger partial charge in [0.05, 0.1) is 0 Å². The van der Waals surface area contributed by atoms with Crippen LogP contribution in [0.5, 0.6) is 0 Å². The average Bonchev–Trinajstić information content (AvgIpc) is 2.80. The minimum Gasteiger partial charge on any atom is -0.341 e. The first-order valence-electron chi connectivity index (χ1n) is 8.98. The zero-order chi connectivity index (χ0) is 16.1. The predicted octanol–water partition coefficient (Wildman–Crippen LogP) is 3.10. The summed E-state index contributed by atoms with van der Waals surface area (Å²) in [4.78, 5) is 17.1. The van der Waals surface area contributed by atoms with Gasteiger partial charge in [-0.3, -0.25) is 9.69 Å². The summed E-state index contributed by atoms with van der Waals surface area (Å²) in [7, 11) is 2.23. The number of fused-ring (bicyclic) bond motifs is 2. The van der Waals surface area contributed by atoms with Crippen molar-refractivity contribution in [2.75, 3.05) is 26.7 Å². The number of carbonyl (C=O) groups is 1. The van der Waals surface area contributed by atoms with Crippen LogP contribution in [0, 0.1) is 0 Å². The Morgan fingerprint density at radius 3 is 2.60 bits per heavy atom. The second-order valence-corrected chi connectivity index (χ2v) is 6.94. The fourth-order valence-corrected chi connectivity index (χ4v) is 3.89. The van der Waals surface area contributed by atoms with Crippen LogP contribution in [0.15, 0.2) is 30.3 Å². The zero-order valence-corrected chi connectivity index (χ0v) is 16.7. The lowest BCUT2D eigenvalue weighted by atomic mass is 10.1. The van der Waals surface area contributed by atoms with Crippen molar-refractivity contribution >= 4 is 30.7 Å². The number of amides is 1. The molecule has 1 aromatic carbocycles. The van der Waals surface area contributed by atoms with Crippen LogP contribution in [0.3, 0.4) is 0 Å². The van der Waals surface area contributed by atoms with Crippen molar-refractivity contribution in [3.63, 3.8) is 0 Å². The van der Waals surface area contributed by atoms with Gasteiger partial charge in [-0.2, -0.15) is 0 Å². The molecule has 25 heavy (non-hydrogen) atoms. The third-order valence-electron chi connectivity index (χ3n) is 5.42. The van der Waals surface area contributed by atoms with E-state index in [1.807, 2.05) is 6.07 Å². The topological polar surface area (TPSA) is 35.6 Å². The molecule has 2 aliphatic heterocycles. The summed E-state index contributed by atoms with van der Waals surface area (Å²) in [6.07, 6.45) is 5.30. The van der Waals surface area contributed by atoms with Gasteiger partial charge in [-0.1, -0.05) is 30.3 Å². The van der Waals surface area contributed by atoms with Gasteiger partial charge in [-0.15, -0.1) is 24.8 Å². The van der Waals surface area contributed by atoms with Gasteiger partial charge in [0.25, 0.3) is 0 Å². The molecule has 0 saturated carbocycles. The van der Waals surface area contributed by atoms with Gasteiger partial charge in [0, 0.05) is 38.1 Å². The highest BCUT2D eigenvalue weighted by Gasteiger charge is 2.35. The summed E-state index contributed by atoms with van der Waals surface area (Å²) in [6, 6.07) is 11.7. The first-order valence-corrected chi connectivity index (χ1v) is 8.98. The highest BCUT2D eigenvalue weighted by atomic mass is 35.5. The molecule has 2 aliphatic rings. The maximum absolute atomic E-state index is 12.4. The fourth-order valence-electron chi connectivity index (χ4n) is 3.89. The highest BCUT2D eigenvalue weighted by Crippen LogP contribution is 2.28. The molecule has 2 bridgehead atoms. The molecule has 0 unspecified atom stereocenters. The van der Waals surface area contributed by atoms with Crippen LogP contribution in [0.25, 0.3) is 0 Å². The van der Waals surface area contributed by atoms with Crippen LogP contribution < -0.4 is 5.32 Å². The van der Waals surface area contributed by atoms with Crippen molar-refractivity contribution in [3.05, 3.63) is 35.9 Å². The Labute approximate surface area is 164 Å². The number of hydrogen-bond donors (Lipinski definition) is 1. The molecular formula is C19H31Cl2N3O. The van der Waals surface area contributed by atoms with E-state index in [0.717, 1.165) is 39.0 Å². The standard InChI is InChI=1S/C19H29N3O.2ClH/c1-21-17-9-10-18(21)15-22(13-11-17)19(23)8-5-12-20-14-16-6-3-2-4-7-16;;/h2-4,6-7,17-18,20H,5,8-15H2,1H3;2*1H/t17-,18+;;/m0../s1. The van der Waals surface area contributed by atoms with Crippen molar-refractivity contribution in [2.45, 2.75) is 50.7 Å². The number of rotatable bonds is 6. The first-order chi connectivity index (χ1) is 11.2. The van der Waals surface area contributed by atoms with E-state index in [-0.39, 0.29) is 24.8 Å². The SMILES string of the molecule is CN1[C@H]2CC[C@@H]1CN(C(=O)CCCNCc1ccccc1)CC2.Cl.Cl. The molecule has 2 atom stereocenters. The molecule has 0 spiro atoms. The van der Waals surface area contributed by atoms with Crippen LogP contribution in [0.4, 0.5) is 0 Å². The van der Waals surface area contributed by atoms with Gasteiger partial charge in [-0.25, -0.2) is 0 Å². The summed E-state index contributed by atoms with van der Waals surface area (Å²) < 4.78 is 0. The molecule has 2 heterocycles. The number of halogens is 2. The van der Waals surface area contributed by atoms with E-state index in [1.165, 1.54) is 18.4 Å². The molecule has 1 aromatic rings. The Bertz CT molecular complexity index is 515. The van der Waals surface area contributed by atoms with Crippen molar-refractivity contribution in [2.24, 2.45) is 0 Å². The minimum atomic E-state index is 0. The molecule has 1 N–H and O–H groups in total. The van der Waals surface area contributed by atoms with Gasteiger partial charge in [0.1, 0.15) is 0 Å². The third-order valence-corrected chi connectivity index (χ3v) is 5.42. The molecule has 0 aliphatic carbocycles. The Morgan fingerprint density at radius 2 is 1.84 bits per heavy atom. The summed E-state index contributed by atoms with van der Waals surface area (Å²) in [6.45, 7) is 3.67. The number of nitrogens with one attached hydrogen (secondary N) is 1. The van der Waals surface area contributed by atoms with Gasteiger partial charge in [0.15, 0.2) is 0 Å². The predicted molar refractivity (Wildman–Crippen MR) is 108 cm³/mol. The molecule has 4 nitrogen and oxygen atoms in total. The van der Waals surface area contributed by atoms with E-state index in [9.17, 15) is 4.79 Å². The fraction of sp³-hybridized carbons (Fsp3) is 0.632. The second-order valence-electron chi connectivity index (χ2n) is 6.94. The number of likely N-dealkylation sites (tertiary alicyclic amines) is 1. The van der Waals surface area contributed by atoms with E-state index in [0.29, 0.717) is 24.4 Å². The summed E-state index contributed by atoms with van der Waals surface area (Å²) in [5.74, 6) is 0.340. The van der Waals surface area contributed by atoms with Crippen molar-refractivity contribution < 1.29 is 4.79 Å². The number of benzene rings is 1. The van der Waals surface area contributed by atoms with Crippen LogP contribution in [0.1, 0.15) is 37.7 Å². The van der Waals surface area contributed by atoms with Crippen LogP contribution >= 0.6 is 24.8 Å². The van der Waals surface area contributed by atoms with E-state index >= 15 is 0 Å². The van der Waals surface area contributed by atoms with E-state index in [2.05, 4.69) is 46.4 Å². The van der Waals surface area contributed by atoms with Crippen molar-refractivity contribution in [1.82, 2.24) is 15.1 Å². The number of nitrogens with zero attached hydrogens (tertiary/aromatic N) is 2. The average molecular weight is 388 g/mol. The van der Waals surface area contributed by atoms with Gasteiger partial charge < -0.3 is 10.2 Å². The van der Waals surface area contributed by atoms with E-state index < -0.39 is 0 Å². The Hall–Kier alpha value is -0.810. The Kier molecular flexibility index (Phi) is 9.80. The van der Waals surface area contributed by atoms with E-state index in [1.54, 1.807) is 0 Å². The molecule has 142 valence electrons. The van der Waals surface area contributed by atoms with E-state index in [4.69, 9.17) is 0 Å². The first kappa shape index (κ1) is 22.2. The monoisotopic (exact) mass is 387 g/mol. The molecule has 0 radical (unpaired) electrons. The molecular weight excluding hydrogens is 357 g/mol. The summed E-state index contributed by atoms with van der Waals surface area (Å²) in [5.41, 5.74) is 1.30. The maximum atomic E-state index is 12.4. The van der Waals surface area contributed by atoms with Gasteiger partial charge in [-0.05, 0) is 44.8 Å². The lowest BCUT2D eigenvalue weighted by Crippen LogP contribution is -2.39. The molecule has 2 saturated heterocycles. The quantitative estimate of drug-likeness (QED) is 0.761. The molecule has 1 amide bonds. The number of likely N-dealkylation sites (N-methyl/N-ethyl adjacent to an activating group) is 1. The minimum absolute atomic E-state index is 0. The van der Waals surface area contributed by atoms with Crippen molar-refractivity contribution in [1.29, 1.82) is 0 Å². The molecule has 0 aromatic heterocycles. The number of hydrogen-bond acceptors (Lipinski definition) is 3. The smallest absolute Gasteiger partial charge is 0.222 e. The van der Waals surface area contributed by atoms with Gasteiger partial charge >= 0.3 is 0 Å². The van der Waals surface area contributed by atoms with Crippen LogP contribution in [-0.2, 0) is 11.3 Å². The summed E-state index contributed by atoms with van der Waals surface area (Å²) in [5, 5.41) is 3.43. The highest BCUT2D eigenvalue weighted by molar-refractivity contribution is 5.85. The lowest BCUT2D eigenvalue weighted by Gasteiger charge is -2.26. The lowest BCUT2D eigenvalue weighted by molar-refractivity contribution is -0.131. The summed E-state index contributed by atoms with van der Waals surface area (Å²) >= 11 is 0. The molecule has 3 rings (SSSR count). The van der Waals surface area contributed by atoms with Crippen LogP contribution in [-0.4, -0.2) is 54.5 Å². The Morgan fingerprint density at radius 1 is 1.12 bits per heavy atom. The third kappa shape index (κ3) is 6.14. The molecule has 6 heteroatoms. The zero-order valence-electron chi connectivity index (χ0n) is 15.0. The normalized spacial score (nSPS) is 22.7. The van der Waals surface area contributed by atoms with Gasteiger partial charge in [0.2, 0.25) is 5.91 Å². The second kappa shape index (κ2) is 11.0. The van der Waals surface area contributed by atoms with Crippen LogP contribution in [0.2, 0.25) is 0 Å². The largest absolute Gasteiger partial charge is 0.341 e. The maximum Gasteiger partial charge on any atom is 0.222 e. The van der Waals surface area contributed by atoms with Crippen molar-refractivity contribution in [3.8, 4) is 0 Å². The number of carbonyl (C=O) groups excluding carboxylic acids is 1. The molecule has 2 fully saturated rings. The Balaban J connectivity index is 0.00000156.